The average Bonchev–Trinajstić information content (AvgIpc) is 2.80. The second-order valence-corrected chi connectivity index (χ2v) is 9.00. The van der Waals surface area contributed by atoms with E-state index in [4.69, 9.17) is 10.9 Å². The van der Waals surface area contributed by atoms with Gasteiger partial charge in [-0.05, 0) is 65.6 Å². The highest BCUT2D eigenvalue weighted by Crippen LogP contribution is 2.22. The van der Waals surface area contributed by atoms with Crippen LogP contribution in [0.15, 0.2) is 77.7 Å². The summed E-state index contributed by atoms with van der Waals surface area (Å²) in [7, 11) is -3.66. The van der Waals surface area contributed by atoms with Crippen LogP contribution >= 0.6 is 0 Å². The molecule has 0 aliphatic carbocycles. The minimum atomic E-state index is -3.66. The third-order valence-electron chi connectivity index (χ3n) is 4.99. The largest absolute Gasteiger partial charge is 0.351 e. The van der Waals surface area contributed by atoms with Crippen molar-refractivity contribution in [3.05, 3.63) is 89.5 Å². The van der Waals surface area contributed by atoms with Gasteiger partial charge in [0.2, 0.25) is 10.0 Å². The molecule has 0 aliphatic rings. The SMILES string of the molecule is NCCNC(=O)c1cccc(-c2cccc(CNCCc3ccc(S(N)(=O)=O)cc3)c2)c1. The third kappa shape index (κ3) is 6.73. The smallest absolute Gasteiger partial charge is 0.251 e. The van der Waals surface area contributed by atoms with Gasteiger partial charge in [0.05, 0.1) is 4.90 Å². The number of rotatable bonds is 10. The van der Waals surface area contributed by atoms with Crippen LogP contribution in [0.4, 0.5) is 0 Å². The summed E-state index contributed by atoms with van der Waals surface area (Å²) in [6, 6.07) is 22.3. The van der Waals surface area contributed by atoms with Gasteiger partial charge < -0.3 is 16.4 Å². The molecule has 0 aromatic heterocycles. The van der Waals surface area contributed by atoms with E-state index in [2.05, 4.69) is 22.8 Å². The Hall–Kier alpha value is -3.04. The molecule has 0 saturated heterocycles. The zero-order chi connectivity index (χ0) is 23.0. The highest BCUT2D eigenvalue weighted by Gasteiger charge is 2.08. The van der Waals surface area contributed by atoms with Crippen molar-refractivity contribution in [1.29, 1.82) is 0 Å². The van der Waals surface area contributed by atoms with E-state index in [9.17, 15) is 13.2 Å². The van der Waals surface area contributed by atoms with E-state index in [1.165, 1.54) is 12.1 Å². The Balaban J connectivity index is 1.57. The molecule has 1 amide bonds. The summed E-state index contributed by atoms with van der Waals surface area (Å²) >= 11 is 0. The third-order valence-corrected chi connectivity index (χ3v) is 5.92. The molecule has 6 N–H and O–H groups in total. The minimum absolute atomic E-state index is 0.118. The Morgan fingerprint density at radius 2 is 1.53 bits per heavy atom. The molecule has 0 unspecified atom stereocenters. The van der Waals surface area contributed by atoms with Gasteiger partial charge in [0.1, 0.15) is 0 Å². The van der Waals surface area contributed by atoms with Gasteiger partial charge in [-0.25, -0.2) is 13.6 Å². The fourth-order valence-corrected chi connectivity index (χ4v) is 3.82. The van der Waals surface area contributed by atoms with E-state index < -0.39 is 10.0 Å². The first-order valence-electron chi connectivity index (χ1n) is 10.4. The van der Waals surface area contributed by atoms with E-state index in [1.54, 1.807) is 18.2 Å². The van der Waals surface area contributed by atoms with Crippen LogP contribution in [0.1, 0.15) is 21.5 Å². The Bertz CT molecular complexity index is 1160. The maximum Gasteiger partial charge on any atom is 0.251 e. The molecule has 8 heteroatoms. The first kappa shape index (κ1) is 23.6. The maximum absolute atomic E-state index is 12.2. The Labute approximate surface area is 188 Å². The number of hydrogen-bond acceptors (Lipinski definition) is 5. The molecule has 0 spiro atoms. The maximum atomic E-state index is 12.2. The van der Waals surface area contributed by atoms with Gasteiger partial charge in [-0.3, -0.25) is 4.79 Å². The fraction of sp³-hybridized carbons (Fsp3) is 0.208. The summed E-state index contributed by atoms with van der Waals surface area (Å²) in [6.07, 6.45) is 0.768. The van der Waals surface area contributed by atoms with Gasteiger partial charge >= 0.3 is 0 Å². The molecule has 0 radical (unpaired) electrons. The summed E-state index contributed by atoms with van der Waals surface area (Å²) in [5, 5.41) is 11.3. The molecule has 0 heterocycles. The van der Waals surface area contributed by atoms with Crippen LogP contribution in [-0.4, -0.2) is 34.0 Å². The number of sulfonamides is 1. The highest BCUT2D eigenvalue weighted by atomic mass is 32.2. The van der Waals surface area contributed by atoms with Crippen molar-refractivity contribution in [2.75, 3.05) is 19.6 Å². The summed E-state index contributed by atoms with van der Waals surface area (Å²) in [5.41, 5.74) is 10.2. The first-order chi connectivity index (χ1) is 15.4. The monoisotopic (exact) mass is 452 g/mol. The second-order valence-electron chi connectivity index (χ2n) is 7.44. The van der Waals surface area contributed by atoms with Crippen LogP contribution in [0.5, 0.6) is 0 Å². The predicted octanol–water partition coefficient (Wildman–Crippen LogP) is 2.02. The molecule has 32 heavy (non-hydrogen) atoms. The van der Waals surface area contributed by atoms with Crippen LogP contribution < -0.4 is 21.5 Å². The predicted molar refractivity (Wildman–Crippen MR) is 126 cm³/mol. The number of amides is 1. The topological polar surface area (TPSA) is 127 Å². The van der Waals surface area contributed by atoms with Crippen molar-refractivity contribution in [2.24, 2.45) is 10.9 Å². The minimum Gasteiger partial charge on any atom is -0.351 e. The van der Waals surface area contributed by atoms with E-state index >= 15 is 0 Å². The highest BCUT2D eigenvalue weighted by molar-refractivity contribution is 7.89. The molecule has 168 valence electrons. The van der Waals surface area contributed by atoms with E-state index in [-0.39, 0.29) is 10.8 Å². The van der Waals surface area contributed by atoms with Crippen molar-refractivity contribution in [3.63, 3.8) is 0 Å². The number of benzene rings is 3. The number of carbonyl (C=O) groups is 1. The Kier molecular flexibility index (Phi) is 8.13. The number of nitrogens with one attached hydrogen (secondary N) is 2. The molecule has 7 nitrogen and oxygen atoms in total. The molecular formula is C24H28N4O3S. The van der Waals surface area contributed by atoms with Crippen molar-refractivity contribution in [1.82, 2.24) is 10.6 Å². The Morgan fingerprint density at radius 1 is 0.844 bits per heavy atom. The molecule has 3 aromatic carbocycles. The van der Waals surface area contributed by atoms with E-state index in [0.29, 0.717) is 25.2 Å². The summed E-state index contributed by atoms with van der Waals surface area (Å²) in [5.74, 6) is -0.132. The molecule has 0 bridgehead atoms. The fourth-order valence-electron chi connectivity index (χ4n) is 3.30. The number of carbonyl (C=O) groups excluding carboxylic acids is 1. The molecule has 0 aliphatic heterocycles. The van der Waals surface area contributed by atoms with E-state index in [1.807, 2.05) is 30.3 Å². The molecule has 3 aromatic rings. The Morgan fingerprint density at radius 3 is 2.22 bits per heavy atom. The summed E-state index contributed by atoms with van der Waals surface area (Å²) in [4.78, 5) is 12.3. The van der Waals surface area contributed by atoms with Gasteiger partial charge in [-0.2, -0.15) is 0 Å². The zero-order valence-corrected chi connectivity index (χ0v) is 18.6. The zero-order valence-electron chi connectivity index (χ0n) is 17.8. The van der Waals surface area contributed by atoms with Crippen LogP contribution in [-0.2, 0) is 23.0 Å². The first-order valence-corrected chi connectivity index (χ1v) is 11.9. The second kappa shape index (κ2) is 11.0. The standard InChI is InChI=1S/C24H28N4O3S/c25-12-14-28-24(29)22-6-2-5-21(16-22)20-4-1-3-19(15-20)17-27-13-11-18-7-9-23(10-8-18)32(26,30)31/h1-10,15-16,27H,11-14,17,25H2,(H,28,29)(H2,26,30,31). The molecule has 0 saturated carbocycles. The van der Waals surface area contributed by atoms with Crippen LogP contribution in [0, 0.1) is 0 Å². The summed E-state index contributed by atoms with van der Waals surface area (Å²) in [6.45, 7) is 2.29. The van der Waals surface area contributed by atoms with Crippen LogP contribution in [0.2, 0.25) is 0 Å². The normalized spacial score (nSPS) is 11.3. The number of hydrogen-bond donors (Lipinski definition) is 4. The molecular weight excluding hydrogens is 424 g/mol. The van der Waals surface area contributed by atoms with Crippen LogP contribution in [0.25, 0.3) is 11.1 Å². The van der Waals surface area contributed by atoms with E-state index in [0.717, 1.165) is 35.2 Å². The van der Waals surface area contributed by atoms with Gasteiger partial charge in [0.25, 0.3) is 5.91 Å². The van der Waals surface area contributed by atoms with Crippen molar-refractivity contribution < 1.29 is 13.2 Å². The quantitative estimate of drug-likeness (QED) is 0.350. The van der Waals surface area contributed by atoms with Crippen LogP contribution in [0.3, 0.4) is 0 Å². The lowest BCUT2D eigenvalue weighted by Crippen LogP contribution is -2.28. The van der Waals surface area contributed by atoms with Gasteiger partial charge in [0, 0.05) is 25.2 Å². The van der Waals surface area contributed by atoms with Crippen molar-refractivity contribution >= 4 is 15.9 Å². The van der Waals surface area contributed by atoms with Gasteiger partial charge in [0.15, 0.2) is 0 Å². The number of primary sulfonamides is 1. The lowest BCUT2D eigenvalue weighted by molar-refractivity contribution is 0.0955. The van der Waals surface area contributed by atoms with Gasteiger partial charge in [-0.15, -0.1) is 0 Å². The average molecular weight is 453 g/mol. The molecule has 0 fully saturated rings. The van der Waals surface area contributed by atoms with Crippen molar-refractivity contribution in [2.45, 2.75) is 17.9 Å². The van der Waals surface area contributed by atoms with Gasteiger partial charge in [-0.1, -0.05) is 42.5 Å². The van der Waals surface area contributed by atoms with Crippen molar-refractivity contribution in [3.8, 4) is 11.1 Å². The summed E-state index contributed by atoms with van der Waals surface area (Å²) < 4.78 is 22.7. The molecule has 3 rings (SSSR count). The lowest BCUT2D eigenvalue weighted by Gasteiger charge is -2.09. The molecule has 0 atom stereocenters. The number of nitrogens with two attached hydrogens (primary N) is 2. The lowest BCUT2D eigenvalue weighted by atomic mass is 10.0.